The summed E-state index contributed by atoms with van der Waals surface area (Å²) in [5, 5.41) is 3.02. The quantitative estimate of drug-likeness (QED) is 0.780. The highest BCUT2D eigenvalue weighted by Crippen LogP contribution is 2.15. The zero-order chi connectivity index (χ0) is 17.1. The molecule has 5 heteroatoms. The molecule has 3 aromatic rings. The number of nitrogens with one attached hydrogen (secondary N) is 1. The number of rotatable bonds is 5. The fourth-order valence-corrected chi connectivity index (χ4v) is 3.25. The Morgan fingerprint density at radius 3 is 2.96 bits per heavy atom. The summed E-state index contributed by atoms with van der Waals surface area (Å²) in [5.74, 6) is 0.0870. The van der Waals surface area contributed by atoms with Gasteiger partial charge in [0.05, 0.1) is 29.9 Å². The molecule has 1 fully saturated rings. The van der Waals surface area contributed by atoms with Crippen molar-refractivity contribution in [1.82, 2.24) is 14.9 Å². The maximum Gasteiger partial charge on any atom is 0.225 e. The molecule has 0 saturated carbocycles. The first-order chi connectivity index (χ1) is 12.3. The van der Waals surface area contributed by atoms with Gasteiger partial charge in [-0.2, -0.15) is 0 Å². The third-order valence-corrected chi connectivity index (χ3v) is 4.64. The highest BCUT2D eigenvalue weighted by Gasteiger charge is 2.22. The number of fused-ring (bicyclic) bond motifs is 1. The van der Waals surface area contributed by atoms with Gasteiger partial charge in [0.1, 0.15) is 0 Å². The summed E-state index contributed by atoms with van der Waals surface area (Å²) in [6.07, 6.45) is 2.69. The summed E-state index contributed by atoms with van der Waals surface area (Å²) in [7, 11) is 0. The van der Waals surface area contributed by atoms with Crippen LogP contribution in [0.15, 0.2) is 54.9 Å². The summed E-state index contributed by atoms with van der Waals surface area (Å²) in [4.78, 5) is 16.5. The smallest absolute Gasteiger partial charge is 0.225 e. The lowest BCUT2D eigenvalue weighted by molar-refractivity contribution is -0.125. The van der Waals surface area contributed by atoms with Crippen molar-refractivity contribution in [3.05, 3.63) is 66.0 Å². The van der Waals surface area contributed by atoms with Crippen molar-refractivity contribution >= 4 is 16.9 Å². The second-order valence-electron chi connectivity index (χ2n) is 6.46. The molecule has 5 nitrogen and oxygen atoms in total. The van der Waals surface area contributed by atoms with Gasteiger partial charge < -0.3 is 14.6 Å². The Labute approximate surface area is 146 Å². The molecule has 128 valence electrons. The Balaban J connectivity index is 1.43. The third kappa shape index (κ3) is 3.56. The minimum absolute atomic E-state index is 0.000459. The molecular weight excluding hydrogens is 314 g/mol. The standard InChI is InChI=1S/C20H21N3O2/c24-20(17-8-9-25-13-17)21-11-15-4-3-5-16(10-15)12-23-14-22-18-6-1-2-7-19(18)23/h1-7,10,14,17H,8-9,11-13H2,(H,21,24). The minimum Gasteiger partial charge on any atom is -0.381 e. The topological polar surface area (TPSA) is 56.2 Å². The first kappa shape index (κ1) is 15.8. The molecule has 1 aromatic heterocycles. The average molecular weight is 335 g/mol. The van der Waals surface area contributed by atoms with Gasteiger partial charge in [0, 0.05) is 19.7 Å². The molecule has 4 rings (SSSR count). The van der Waals surface area contributed by atoms with Crippen LogP contribution < -0.4 is 5.32 Å². The number of hydrogen-bond donors (Lipinski definition) is 1. The highest BCUT2D eigenvalue weighted by atomic mass is 16.5. The van der Waals surface area contributed by atoms with Crippen LogP contribution in [0.25, 0.3) is 11.0 Å². The maximum atomic E-state index is 12.1. The van der Waals surface area contributed by atoms with E-state index in [1.54, 1.807) is 0 Å². The van der Waals surface area contributed by atoms with Crippen LogP contribution >= 0.6 is 0 Å². The molecular formula is C20H21N3O2. The van der Waals surface area contributed by atoms with Crippen molar-refractivity contribution < 1.29 is 9.53 Å². The van der Waals surface area contributed by atoms with E-state index in [1.807, 2.05) is 36.7 Å². The van der Waals surface area contributed by atoms with Crippen LogP contribution in [0, 0.1) is 5.92 Å². The van der Waals surface area contributed by atoms with Gasteiger partial charge in [-0.05, 0) is 29.7 Å². The van der Waals surface area contributed by atoms with Crippen molar-refractivity contribution in [2.75, 3.05) is 13.2 Å². The Hall–Kier alpha value is -2.66. The second-order valence-corrected chi connectivity index (χ2v) is 6.46. The lowest BCUT2D eigenvalue weighted by Crippen LogP contribution is -2.30. The van der Waals surface area contributed by atoms with Crippen LogP contribution in [0.3, 0.4) is 0 Å². The van der Waals surface area contributed by atoms with Crippen molar-refractivity contribution in [3.8, 4) is 0 Å². The summed E-state index contributed by atoms with van der Waals surface area (Å²) in [6, 6.07) is 16.4. The van der Waals surface area contributed by atoms with E-state index in [-0.39, 0.29) is 11.8 Å². The van der Waals surface area contributed by atoms with Crippen LogP contribution in [0.5, 0.6) is 0 Å². The Kier molecular flexibility index (Phi) is 4.48. The number of hydrogen-bond acceptors (Lipinski definition) is 3. The van der Waals surface area contributed by atoms with Gasteiger partial charge in [-0.15, -0.1) is 0 Å². The van der Waals surface area contributed by atoms with Gasteiger partial charge in [-0.1, -0.05) is 36.4 Å². The number of carbonyl (C=O) groups excluding carboxylic acids is 1. The Morgan fingerprint density at radius 1 is 1.20 bits per heavy atom. The summed E-state index contributed by atoms with van der Waals surface area (Å²) >= 11 is 0. The Bertz CT molecular complexity index is 881. The molecule has 1 atom stereocenters. The van der Waals surface area contributed by atoms with Crippen LogP contribution in [0.1, 0.15) is 17.5 Å². The van der Waals surface area contributed by atoms with E-state index in [0.29, 0.717) is 19.8 Å². The molecule has 0 aliphatic carbocycles. The number of amides is 1. The fraction of sp³-hybridized carbons (Fsp3) is 0.300. The highest BCUT2D eigenvalue weighted by molar-refractivity contribution is 5.79. The summed E-state index contributed by atoms with van der Waals surface area (Å²) in [5.41, 5.74) is 4.43. The van der Waals surface area contributed by atoms with E-state index in [2.05, 4.69) is 33.1 Å². The Morgan fingerprint density at radius 2 is 2.08 bits per heavy atom. The van der Waals surface area contributed by atoms with Crippen molar-refractivity contribution in [2.24, 2.45) is 5.92 Å². The number of imidazole rings is 1. The van der Waals surface area contributed by atoms with Crippen molar-refractivity contribution in [1.29, 1.82) is 0 Å². The number of para-hydroxylation sites is 2. The van der Waals surface area contributed by atoms with Gasteiger partial charge in [0.2, 0.25) is 5.91 Å². The fourth-order valence-electron chi connectivity index (χ4n) is 3.25. The molecule has 25 heavy (non-hydrogen) atoms. The van der Waals surface area contributed by atoms with Crippen LogP contribution in [0.2, 0.25) is 0 Å². The van der Waals surface area contributed by atoms with E-state index in [4.69, 9.17) is 4.74 Å². The van der Waals surface area contributed by atoms with Crippen molar-refractivity contribution in [3.63, 3.8) is 0 Å². The average Bonchev–Trinajstić information content (AvgIpc) is 3.31. The molecule has 0 radical (unpaired) electrons. The lowest BCUT2D eigenvalue weighted by atomic mass is 10.1. The molecule has 1 aliphatic heterocycles. The number of carbonyl (C=O) groups is 1. The minimum atomic E-state index is 0.000459. The van der Waals surface area contributed by atoms with Gasteiger partial charge in [-0.25, -0.2) is 4.98 Å². The first-order valence-electron chi connectivity index (χ1n) is 8.63. The van der Waals surface area contributed by atoms with E-state index in [1.165, 1.54) is 5.56 Å². The predicted molar refractivity (Wildman–Crippen MR) is 96.0 cm³/mol. The number of nitrogens with zero attached hydrogens (tertiary/aromatic N) is 2. The predicted octanol–water partition coefficient (Wildman–Crippen LogP) is 2.74. The molecule has 1 unspecified atom stereocenters. The van der Waals surface area contributed by atoms with Gasteiger partial charge in [-0.3, -0.25) is 4.79 Å². The summed E-state index contributed by atoms with van der Waals surface area (Å²) in [6.45, 7) is 2.54. The second kappa shape index (κ2) is 7.07. The zero-order valence-electron chi connectivity index (χ0n) is 14.0. The van der Waals surface area contributed by atoms with Crippen LogP contribution in [0.4, 0.5) is 0 Å². The monoisotopic (exact) mass is 335 g/mol. The number of ether oxygens (including phenoxy) is 1. The van der Waals surface area contributed by atoms with Gasteiger partial charge >= 0.3 is 0 Å². The van der Waals surface area contributed by atoms with E-state index in [9.17, 15) is 4.79 Å². The molecule has 1 aliphatic rings. The van der Waals surface area contributed by atoms with Crippen LogP contribution in [-0.2, 0) is 22.6 Å². The molecule has 0 spiro atoms. The molecule has 1 amide bonds. The largest absolute Gasteiger partial charge is 0.381 e. The van der Waals surface area contributed by atoms with E-state index < -0.39 is 0 Å². The van der Waals surface area contributed by atoms with Crippen molar-refractivity contribution in [2.45, 2.75) is 19.5 Å². The maximum absolute atomic E-state index is 12.1. The third-order valence-electron chi connectivity index (χ3n) is 4.64. The van der Waals surface area contributed by atoms with E-state index >= 15 is 0 Å². The van der Waals surface area contributed by atoms with E-state index in [0.717, 1.165) is 29.6 Å². The van der Waals surface area contributed by atoms with Gasteiger partial charge in [0.15, 0.2) is 0 Å². The van der Waals surface area contributed by atoms with Crippen LogP contribution in [-0.4, -0.2) is 28.7 Å². The summed E-state index contributed by atoms with van der Waals surface area (Å²) < 4.78 is 7.42. The first-order valence-corrected chi connectivity index (χ1v) is 8.63. The van der Waals surface area contributed by atoms with Gasteiger partial charge in [0.25, 0.3) is 0 Å². The number of benzene rings is 2. The lowest BCUT2D eigenvalue weighted by Gasteiger charge is -2.11. The normalized spacial score (nSPS) is 17.0. The number of aromatic nitrogens is 2. The molecule has 0 bridgehead atoms. The molecule has 2 aromatic carbocycles. The molecule has 2 heterocycles. The SMILES string of the molecule is O=C(NCc1cccc(Cn2cnc3ccccc32)c1)C1CCOC1. The molecule has 1 N–H and O–H groups in total. The zero-order valence-corrected chi connectivity index (χ0v) is 14.0. The molecule has 1 saturated heterocycles.